The summed E-state index contributed by atoms with van der Waals surface area (Å²) in [5.41, 5.74) is 2.19. The maximum atomic E-state index is 5.78. The third-order valence-corrected chi connectivity index (χ3v) is 4.56. The highest BCUT2D eigenvalue weighted by Gasteiger charge is 2.13. The van der Waals surface area contributed by atoms with E-state index >= 15 is 0 Å². The largest absolute Gasteiger partial charge is 0.465 e. The summed E-state index contributed by atoms with van der Waals surface area (Å²) in [6.45, 7) is 11.7. The van der Waals surface area contributed by atoms with Crippen LogP contribution < -0.4 is 0 Å². The van der Waals surface area contributed by atoms with Gasteiger partial charge in [-0.3, -0.25) is 14.8 Å². The third-order valence-electron chi connectivity index (χ3n) is 4.56. The Labute approximate surface area is 150 Å². The van der Waals surface area contributed by atoms with Crippen LogP contribution in [0, 0.1) is 13.8 Å². The molecule has 1 aliphatic rings. The molecule has 0 spiro atoms. The lowest BCUT2D eigenvalue weighted by Crippen LogP contribution is -2.38. The second-order valence-corrected chi connectivity index (χ2v) is 6.80. The van der Waals surface area contributed by atoms with Crippen LogP contribution in [0.15, 0.2) is 34.7 Å². The summed E-state index contributed by atoms with van der Waals surface area (Å²) in [4.78, 5) is 9.58. The Bertz CT molecular complexity index is 650. The van der Waals surface area contributed by atoms with Crippen molar-refractivity contribution in [2.75, 3.05) is 39.4 Å². The zero-order valence-corrected chi connectivity index (χ0v) is 15.4. The van der Waals surface area contributed by atoms with Gasteiger partial charge in [0, 0.05) is 31.9 Å². The molecule has 5 heteroatoms. The van der Waals surface area contributed by atoms with Gasteiger partial charge in [0.15, 0.2) is 0 Å². The molecule has 0 atom stereocenters. The van der Waals surface area contributed by atoms with Gasteiger partial charge < -0.3 is 9.15 Å². The molecule has 3 rings (SSSR count). The van der Waals surface area contributed by atoms with Crippen molar-refractivity contribution in [3.8, 4) is 0 Å². The number of pyridine rings is 1. The summed E-state index contributed by atoms with van der Waals surface area (Å²) < 4.78 is 11.2. The first-order chi connectivity index (χ1) is 12.2. The van der Waals surface area contributed by atoms with E-state index in [0.29, 0.717) is 0 Å². The van der Waals surface area contributed by atoms with Crippen molar-refractivity contribution in [1.82, 2.24) is 14.8 Å². The molecule has 1 saturated heterocycles. The van der Waals surface area contributed by atoms with Gasteiger partial charge in [0.1, 0.15) is 11.5 Å². The van der Waals surface area contributed by atoms with Crippen molar-refractivity contribution in [2.45, 2.75) is 33.4 Å². The Kier molecular flexibility index (Phi) is 6.62. The van der Waals surface area contributed by atoms with Crippen molar-refractivity contribution < 1.29 is 9.15 Å². The van der Waals surface area contributed by atoms with E-state index in [-0.39, 0.29) is 0 Å². The number of nitrogens with zero attached hydrogens (tertiary/aromatic N) is 3. The molecule has 1 aliphatic heterocycles. The van der Waals surface area contributed by atoms with E-state index in [0.717, 1.165) is 81.8 Å². The fraction of sp³-hybridized carbons (Fsp3) is 0.550. The van der Waals surface area contributed by atoms with E-state index in [1.165, 1.54) is 0 Å². The van der Waals surface area contributed by atoms with Crippen LogP contribution in [0.2, 0.25) is 0 Å². The van der Waals surface area contributed by atoms with E-state index in [1.54, 1.807) is 0 Å². The van der Waals surface area contributed by atoms with Crippen LogP contribution >= 0.6 is 0 Å². The Morgan fingerprint density at radius 2 is 1.92 bits per heavy atom. The van der Waals surface area contributed by atoms with Crippen molar-refractivity contribution in [2.24, 2.45) is 0 Å². The third kappa shape index (κ3) is 5.96. The van der Waals surface area contributed by atoms with Gasteiger partial charge >= 0.3 is 0 Å². The van der Waals surface area contributed by atoms with Gasteiger partial charge in [-0.2, -0.15) is 0 Å². The van der Waals surface area contributed by atoms with Crippen LogP contribution in [0.25, 0.3) is 0 Å². The van der Waals surface area contributed by atoms with E-state index in [9.17, 15) is 0 Å². The number of rotatable bonds is 8. The fourth-order valence-corrected chi connectivity index (χ4v) is 3.26. The minimum Gasteiger partial charge on any atom is -0.465 e. The van der Waals surface area contributed by atoms with Gasteiger partial charge in [-0.25, -0.2) is 0 Å². The first-order valence-electron chi connectivity index (χ1n) is 9.19. The second kappa shape index (κ2) is 9.13. The summed E-state index contributed by atoms with van der Waals surface area (Å²) in [5, 5.41) is 0. The number of hydrogen-bond donors (Lipinski definition) is 0. The van der Waals surface area contributed by atoms with Crippen LogP contribution in [0.5, 0.6) is 0 Å². The average Bonchev–Trinajstić information content (AvgIpc) is 3.01. The van der Waals surface area contributed by atoms with E-state index in [4.69, 9.17) is 9.15 Å². The minimum atomic E-state index is 0.826. The van der Waals surface area contributed by atoms with Crippen molar-refractivity contribution in [3.63, 3.8) is 0 Å². The maximum Gasteiger partial charge on any atom is 0.118 e. The zero-order valence-electron chi connectivity index (χ0n) is 15.4. The van der Waals surface area contributed by atoms with Crippen molar-refractivity contribution in [3.05, 3.63) is 53.2 Å². The molecule has 0 aromatic carbocycles. The molecular weight excluding hydrogens is 314 g/mol. The highest BCUT2D eigenvalue weighted by Crippen LogP contribution is 2.13. The molecule has 0 amide bonds. The standard InChI is InChI=1S/C20H29N3O2/c1-17-5-3-6-19(21-17)15-23(16-20-8-7-18(2)25-20)10-4-9-22-11-13-24-14-12-22/h3,5-8H,4,9-16H2,1-2H3. The molecule has 2 aromatic rings. The van der Waals surface area contributed by atoms with Gasteiger partial charge in [-0.05, 0) is 51.1 Å². The number of furan rings is 1. The monoisotopic (exact) mass is 343 g/mol. The molecule has 0 saturated carbocycles. The Hall–Kier alpha value is -1.69. The van der Waals surface area contributed by atoms with E-state index in [2.05, 4.69) is 33.0 Å². The average molecular weight is 343 g/mol. The van der Waals surface area contributed by atoms with Gasteiger partial charge in [0.05, 0.1) is 25.5 Å². The molecule has 2 aromatic heterocycles. The molecule has 0 radical (unpaired) electrons. The van der Waals surface area contributed by atoms with Gasteiger partial charge in [-0.15, -0.1) is 0 Å². The summed E-state index contributed by atoms with van der Waals surface area (Å²) in [6.07, 6.45) is 1.14. The SMILES string of the molecule is Cc1cccc(CN(CCCN2CCOCC2)Cc2ccc(C)o2)n1. The predicted molar refractivity (Wildman–Crippen MR) is 98.4 cm³/mol. The topological polar surface area (TPSA) is 41.7 Å². The molecule has 0 bridgehead atoms. The van der Waals surface area contributed by atoms with Crippen molar-refractivity contribution in [1.29, 1.82) is 0 Å². The molecule has 25 heavy (non-hydrogen) atoms. The molecule has 0 N–H and O–H groups in total. The van der Waals surface area contributed by atoms with Crippen molar-refractivity contribution >= 4 is 0 Å². The summed E-state index contributed by atoms with van der Waals surface area (Å²) in [6, 6.07) is 10.3. The minimum absolute atomic E-state index is 0.826. The molecule has 136 valence electrons. The Morgan fingerprint density at radius 1 is 1.08 bits per heavy atom. The lowest BCUT2D eigenvalue weighted by Gasteiger charge is -2.28. The quantitative estimate of drug-likeness (QED) is 0.737. The zero-order chi connectivity index (χ0) is 17.5. The van der Waals surface area contributed by atoms with Crippen LogP contribution in [0.4, 0.5) is 0 Å². The normalized spacial score (nSPS) is 15.8. The number of aromatic nitrogens is 1. The summed E-state index contributed by atoms with van der Waals surface area (Å²) in [5.74, 6) is 1.99. The van der Waals surface area contributed by atoms with Crippen LogP contribution in [0.3, 0.4) is 0 Å². The molecular formula is C20H29N3O2. The molecule has 0 aliphatic carbocycles. The smallest absolute Gasteiger partial charge is 0.118 e. The lowest BCUT2D eigenvalue weighted by atomic mass is 10.2. The second-order valence-electron chi connectivity index (χ2n) is 6.80. The molecule has 3 heterocycles. The van der Waals surface area contributed by atoms with Gasteiger partial charge in [0.25, 0.3) is 0 Å². The molecule has 0 unspecified atom stereocenters. The molecule has 1 fully saturated rings. The highest BCUT2D eigenvalue weighted by atomic mass is 16.5. The number of hydrogen-bond acceptors (Lipinski definition) is 5. The lowest BCUT2D eigenvalue weighted by molar-refractivity contribution is 0.0357. The summed E-state index contributed by atoms with van der Waals surface area (Å²) in [7, 11) is 0. The first kappa shape index (κ1) is 18.1. The maximum absolute atomic E-state index is 5.78. The Balaban J connectivity index is 1.57. The summed E-state index contributed by atoms with van der Waals surface area (Å²) >= 11 is 0. The molecule has 5 nitrogen and oxygen atoms in total. The van der Waals surface area contributed by atoms with Gasteiger partial charge in [0.2, 0.25) is 0 Å². The Morgan fingerprint density at radius 3 is 2.64 bits per heavy atom. The van der Waals surface area contributed by atoms with Crippen LogP contribution in [-0.2, 0) is 17.8 Å². The van der Waals surface area contributed by atoms with E-state index < -0.39 is 0 Å². The van der Waals surface area contributed by atoms with Crippen LogP contribution in [0.1, 0.15) is 29.3 Å². The van der Waals surface area contributed by atoms with E-state index in [1.807, 2.05) is 26.0 Å². The highest BCUT2D eigenvalue weighted by molar-refractivity contribution is 5.10. The number of morpholine rings is 1. The van der Waals surface area contributed by atoms with Gasteiger partial charge in [-0.1, -0.05) is 6.07 Å². The fourth-order valence-electron chi connectivity index (χ4n) is 3.26. The predicted octanol–water partition coefficient (Wildman–Crippen LogP) is 3.02. The van der Waals surface area contributed by atoms with Crippen LogP contribution in [-0.4, -0.2) is 54.2 Å². The number of aryl methyl sites for hydroxylation is 2. The first-order valence-corrected chi connectivity index (χ1v) is 9.19. The number of ether oxygens (including phenoxy) is 1.